The van der Waals surface area contributed by atoms with E-state index in [0.717, 1.165) is 14.5 Å². The molecule has 0 saturated carbocycles. The van der Waals surface area contributed by atoms with Gasteiger partial charge >= 0.3 is 0 Å². The van der Waals surface area contributed by atoms with Crippen LogP contribution in [0.1, 0.15) is 0 Å². The van der Waals surface area contributed by atoms with Crippen LogP contribution in [0.4, 0.5) is 0 Å². The fourth-order valence-electron chi connectivity index (χ4n) is 0.882. The number of hydrogen-bond donors (Lipinski definition) is 0. The van der Waals surface area contributed by atoms with E-state index >= 15 is 0 Å². The lowest BCUT2D eigenvalue weighted by atomic mass is 10.5. The molecule has 0 saturated heterocycles. The average molecular weight is 268 g/mol. The summed E-state index contributed by atoms with van der Waals surface area (Å²) in [5, 5.41) is 0.736. The Morgan fingerprint density at radius 3 is 2.64 bits per heavy atom. The van der Waals surface area contributed by atoms with Gasteiger partial charge in [-0.2, -0.15) is 0 Å². The monoisotopic (exact) mass is 267 g/mol. The van der Waals surface area contributed by atoms with Crippen LogP contribution in [0.25, 0.3) is 0 Å². The summed E-state index contributed by atoms with van der Waals surface area (Å²) in [6, 6.07) is 3.72. The normalized spacial score (nSPS) is 10.1. The Morgan fingerprint density at radius 1 is 1.14 bits per heavy atom. The third kappa shape index (κ3) is 2.30. The van der Waals surface area contributed by atoms with E-state index in [9.17, 15) is 0 Å². The smallest absolute Gasteiger partial charge is 0.192 e. The zero-order valence-corrected chi connectivity index (χ0v) is 9.49. The summed E-state index contributed by atoms with van der Waals surface area (Å²) < 4.78 is 0.956. The molecule has 0 aromatic carbocycles. The molecule has 0 bridgehead atoms. The van der Waals surface area contributed by atoms with E-state index in [-0.39, 0.29) is 0 Å². The molecule has 0 aliphatic carbocycles. The van der Waals surface area contributed by atoms with E-state index in [0.29, 0.717) is 0 Å². The van der Waals surface area contributed by atoms with Gasteiger partial charge < -0.3 is 0 Å². The van der Waals surface area contributed by atoms with Crippen molar-refractivity contribution in [2.45, 2.75) is 10.1 Å². The predicted molar refractivity (Wildman–Crippen MR) is 58.1 cm³/mol. The van der Waals surface area contributed by atoms with Crippen LogP contribution in [0.15, 0.2) is 51.4 Å². The van der Waals surface area contributed by atoms with E-state index in [1.807, 2.05) is 6.07 Å². The van der Waals surface area contributed by atoms with Gasteiger partial charge in [0.2, 0.25) is 0 Å². The standard InChI is InChI=1S/C9H6BrN3S/c10-7-6-11-5-2-8(7)14-9-12-3-1-4-13-9/h1-6H. The van der Waals surface area contributed by atoms with Gasteiger partial charge in [0.25, 0.3) is 0 Å². The molecule has 0 fully saturated rings. The van der Waals surface area contributed by atoms with Crippen LogP contribution in [-0.4, -0.2) is 15.0 Å². The second-order valence-electron chi connectivity index (χ2n) is 2.44. The summed E-state index contributed by atoms with van der Waals surface area (Å²) in [7, 11) is 0. The predicted octanol–water partition coefficient (Wildman–Crippen LogP) is 2.79. The van der Waals surface area contributed by atoms with Crippen LogP contribution in [0.5, 0.6) is 0 Å². The highest BCUT2D eigenvalue weighted by Crippen LogP contribution is 2.29. The molecule has 3 nitrogen and oxygen atoms in total. The van der Waals surface area contributed by atoms with Crippen LogP contribution >= 0.6 is 27.7 Å². The molecule has 2 heterocycles. The van der Waals surface area contributed by atoms with Crippen molar-refractivity contribution in [3.63, 3.8) is 0 Å². The van der Waals surface area contributed by atoms with Gasteiger partial charge in [-0.1, -0.05) is 0 Å². The molecule has 0 aliphatic heterocycles. The molecule has 0 radical (unpaired) electrons. The Labute approximate surface area is 94.1 Å². The van der Waals surface area contributed by atoms with E-state index in [4.69, 9.17) is 0 Å². The first-order valence-electron chi connectivity index (χ1n) is 3.90. The average Bonchev–Trinajstić information content (AvgIpc) is 2.23. The van der Waals surface area contributed by atoms with Gasteiger partial charge in [-0.25, -0.2) is 9.97 Å². The fraction of sp³-hybridized carbons (Fsp3) is 0. The molecular weight excluding hydrogens is 262 g/mol. The number of rotatable bonds is 2. The summed E-state index contributed by atoms with van der Waals surface area (Å²) in [6.45, 7) is 0. The van der Waals surface area contributed by atoms with Crippen molar-refractivity contribution in [2.24, 2.45) is 0 Å². The van der Waals surface area contributed by atoms with Crippen molar-refractivity contribution in [1.29, 1.82) is 0 Å². The van der Waals surface area contributed by atoms with E-state index in [2.05, 4.69) is 30.9 Å². The number of hydrogen-bond acceptors (Lipinski definition) is 4. The maximum absolute atomic E-state index is 4.13. The van der Waals surface area contributed by atoms with Crippen molar-refractivity contribution >= 4 is 27.7 Å². The van der Waals surface area contributed by atoms with Crippen LogP contribution in [0.3, 0.4) is 0 Å². The zero-order chi connectivity index (χ0) is 9.80. The Morgan fingerprint density at radius 2 is 1.93 bits per heavy atom. The van der Waals surface area contributed by atoms with Crippen LogP contribution in [-0.2, 0) is 0 Å². The summed E-state index contributed by atoms with van der Waals surface area (Å²) in [5.41, 5.74) is 0. The Balaban J connectivity index is 2.24. The summed E-state index contributed by atoms with van der Waals surface area (Å²) in [6.07, 6.45) is 6.95. The topological polar surface area (TPSA) is 38.7 Å². The second-order valence-corrected chi connectivity index (χ2v) is 4.30. The molecule has 2 rings (SSSR count). The highest BCUT2D eigenvalue weighted by Gasteiger charge is 2.02. The first-order valence-corrected chi connectivity index (χ1v) is 5.51. The van der Waals surface area contributed by atoms with E-state index < -0.39 is 0 Å². The molecule has 0 spiro atoms. The molecule has 0 amide bonds. The van der Waals surface area contributed by atoms with Gasteiger partial charge in [-0.15, -0.1) is 0 Å². The number of pyridine rings is 1. The Hall–Kier alpha value is -0.940. The van der Waals surface area contributed by atoms with Gasteiger partial charge in [0, 0.05) is 34.2 Å². The maximum atomic E-state index is 4.13. The van der Waals surface area contributed by atoms with Gasteiger partial charge in [0.15, 0.2) is 5.16 Å². The van der Waals surface area contributed by atoms with E-state index in [1.165, 1.54) is 11.8 Å². The third-order valence-electron chi connectivity index (χ3n) is 1.48. The molecule has 70 valence electrons. The minimum atomic E-state index is 0.736. The Bertz CT molecular complexity index is 421. The lowest BCUT2D eigenvalue weighted by Crippen LogP contribution is -1.84. The maximum Gasteiger partial charge on any atom is 0.192 e. The molecule has 0 atom stereocenters. The lowest BCUT2D eigenvalue weighted by molar-refractivity contribution is 0.966. The molecule has 2 aromatic rings. The minimum Gasteiger partial charge on any atom is -0.263 e. The highest BCUT2D eigenvalue weighted by atomic mass is 79.9. The molecule has 0 N–H and O–H groups in total. The minimum absolute atomic E-state index is 0.736. The molecule has 14 heavy (non-hydrogen) atoms. The van der Waals surface area contributed by atoms with Gasteiger partial charge in [0.05, 0.1) is 0 Å². The number of halogens is 1. The molecule has 2 aromatic heterocycles. The highest BCUT2D eigenvalue weighted by molar-refractivity contribution is 9.10. The van der Waals surface area contributed by atoms with Crippen molar-refractivity contribution in [2.75, 3.05) is 0 Å². The quantitative estimate of drug-likeness (QED) is 0.785. The Kier molecular flexibility index (Phi) is 3.10. The summed E-state index contributed by atoms with van der Waals surface area (Å²) >= 11 is 4.92. The third-order valence-corrected chi connectivity index (χ3v) is 3.34. The summed E-state index contributed by atoms with van der Waals surface area (Å²) in [4.78, 5) is 13.3. The van der Waals surface area contributed by atoms with Crippen LogP contribution in [0, 0.1) is 0 Å². The SMILES string of the molecule is Brc1cnccc1Sc1ncccn1. The molecule has 0 aliphatic rings. The van der Waals surface area contributed by atoms with Crippen molar-refractivity contribution in [3.05, 3.63) is 41.4 Å². The van der Waals surface area contributed by atoms with Crippen LogP contribution < -0.4 is 0 Å². The van der Waals surface area contributed by atoms with Gasteiger partial charge in [-0.3, -0.25) is 4.98 Å². The van der Waals surface area contributed by atoms with Crippen molar-refractivity contribution < 1.29 is 0 Å². The molecule has 5 heteroatoms. The van der Waals surface area contributed by atoms with Crippen molar-refractivity contribution in [1.82, 2.24) is 15.0 Å². The van der Waals surface area contributed by atoms with E-state index in [1.54, 1.807) is 30.9 Å². The lowest BCUT2D eigenvalue weighted by Gasteiger charge is -2.00. The molecular formula is C9H6BrN3S. The summed E-state index contributed by atoms with van der Waals surface area (Å²) in [5.74, 6) is 0. The number of nitrogens with zero attached hydrogens (tertiary/aromatic N) is 3. The number of aromatic nitrogens is 3. The second kappa shape index (κ2) is 4.52. The fourth-order valence-corrected chi connectivity index (χ4v) is 2.08. The van der Waals surface area contributed by atoms with Gasteiger partial charge in [-0.05, 0) is 39.8 Å². The zero-order valence-electron chi connectivity index (χ0n) is 7.09. The first kappa shape index (κ1) is 9.61. The van der Waals surface area contributed by atoms with Crippen LogP contribution in [0.2, 0.25) is 0 Å². The molecule has 0 unspecified atom stereocenters. The van der Waals surface area contributed by atoms with Gasteiger partial charge in [0.1, 0.15) is 0 Å². The largest absolute Gasteiger partial charge is 0.263 e. The van der Waals surface area contributed by atoms with Crippen molar-refractivity contribution in [3.8, 4) is 0 Å². The first-order chi connectivity index (χ1) is 6.86.